The van der Waals surface area contributed by atoms with Crippen molar-refractivity contribution in [3.63, 3.8) is 0 Å². The molecule has 1 atom stereocenters. The van der Waals surface area contributed by atoms with Crippen LogP contribution >= 0.6 is 0 Å². The summed E-state index contributed by atoms with van der Waals surface area (Å²) in [6.45, 7) is 1.76. The van der Waals surface area contributed by atoms with E-state index in [-0.39, 0.29) is 17.7 Å². The zero-order valence-corrected chi connectivity index (χ0v) is 8.40. The number of rotatable bonds is 2. The molecule has 78 valence electrons. The summed E-state index contributed by atoms with van der Waals surface area (Å²) in [5.74, 6) is 0.881. The van der Waals surface area contributed by atoms with Crippen LogP contribution < -0.4 is 5.32 Å². The van der Waals surface area contributed by atoms with Gasteiger partial charge in [0.25, 0.3) is 0 Å². The Morgan fingerprint density at radius 2 is 2.07 bits per heavy atom. The molecular weight excluding hydrogens is 192 g/mol. The zero-order chi connectivity index (χ0) is 10.8. The number of phenolic OH excluding ortho intramolecular Hbond substituents is 1. The number of carbonyl (C=O) groups is 1. The molecule has 4 heteroatoms. The number of hydrogen-bond donors (Lipinski definition) is 2. The van der Waals surface area contributed by atoms with E-state index >= 15 is 0 Å². The van der Waals surface area contributed by atoms with Crippen molar-refractivity contribution in [1.82, 2.24) is 5.32 Å². The molecule has 1 heterocycles. The van der Waals surface area contributed by atoms with Crippen LogP contribution in [0.15, 0.2) is 29.3 Å². The molecule has 1 aliphatic heterocycles. The van der Waals surface area contributed by atoms with Crippen molar-refractivity contribution in [2.75, 3.05) is 0 Å². The molecule has 0 saturated heterocycles. The van der Waals surface area contributed by atoms with E-state index in [2.05, 4.69) is 10.3 Å². The number of hydrogen-bond acceptors (Lipinski definition) is 3. The average Bonchev–Trinajstić information content (AvgIpc) is 2.50. The zero-order valence-electron chi connectivity index (χ0n) is 8.40. The second-order valence-corrected chi connectivity index (χ2v) is 3.58. The lowest BCUT2D eigenvalue weighted by atomic mass is 10.1. The quantitative estimate of drug-likeness (QED) is 0.750. The summed E-state index contributed by atoms with van der Waals surface area (Å²) in [5.41, 5.74) is 1.01. The van der Waals surface area contributed by atoms with E-state index in [9.17, 15) is 4.79 Å². The summed E-state index contributed by atoms with van der Waals surface area (Å²) in [6, 6.07) is 6.59. The Hall–Kier alpha value is -1.84. The molecular formula is C11H12N2O2. The lowest BCUT2D eigenvalue weighted by molar-refractivity contribution is -0.119. The van der Waals surface area contributed by atoms with Crippen molar-refractivity contribution in [3.8, 4) is 5.75 Å². The predicted molar refractivity (Wildman–Crippen MR) is 56.9 cm³/mol. The highest BCUT2D eigenvalue weighted by Gasteiger charge is 2.21. The van der Waals surface area contributed by atoms with Crippen molar-refractivity contribution < 1.29 is 9.90 Å². The van der Waals surface area contributed by atoms with Gasteiger partial charge < -0.3 is 10.4 Å². The van der Waals surface area contributed by atoms with Gasteiger partial charge in [-0.05, 0) is 24.6 Å². The van der Waals surface area contributed by atoms with Gasteiger partial charge in [-0.15, -0.1) is 0 Å². The molecule has 1 amide bonds. The largest absolute Gasteiger partial charge is 0.508 e. The lowest BCUT2D eigenvalue weighted by Gasteiger charge is -2.01. The Bertz CT molecular complexity index is 409. The summed E-state index contributed by atoms with van der Waals surface area (Å²) in [5, 5.41) is 11.8. The van der Waals surface area contributed by atoms with E-state index < -0.39 is 0 Å². The predicted octanol–water partition coefficient (Wildman–Crippen LogP) is 0.851. The third-order valence-electron chi connectivity index (χ3n) is 2.30. The Balaban J connectivity index is 2.07. The minimum Gasteiger partial charge on any atom is -0.508 e. The van der Waals surface area contributed by atoms with Crippen LogP contribution in [0, 0.1) is 0 Å². The Morgan fingerprint density at radius 1 is 1.40 bits per heavy atom. The molecule has 0 fully saturated rings. The first-order chi connectivity index (χ1) is 7.15. The van der Waals surface area contributed by atoms with Crippen LogP contribution in [0.1, 0.15) is 12.5 Å². The molecule has 1 unspecified atom stereocenters. The van der Waals surface area contributed by atoms with E-state index in [1.165, 1.54) is 0 Å². The van der Waals surface area contributed by atoms with Gasteiger partial charge in [0.05, 0.1) is 0 Å². The highest BCUT2D eigenvalue weighted by molar-refractivity contribution is 6.06. The van der Waals surface area contributed by atoms with Crippen LogP contribution in [-0.2, 0) is 11.2 Å². The summed E-state index contributed by atoms with van der Waals surface area (Å²) < 4.78 is 0. The first-order valence-electron chi connectivity index (χ1n) is 4.80. The van der Waals surface area contributed by atoms with Gasteiger partial charge in [-0.25, -0.2) is 0 Å². The lowest BCUT2D eigenvalue weighted by Crippen LogP contribution is -2.28. The van der Waals surface area contributed by atoms with Crippen LogP contribution in [0.4, 0.5) is 0 Å². The second kappa shape index (κ2) is 3.73. The molecule has 1 aromatic carbocycles. The minimum absolute atomic E-state index is 0.0521. The van der Waals surface area contributed by atoms with Crippen LogP contribution in [0.3, 0.4) is 0 Å². The van der Waals surface area contributed by atoms with Gasteiger partial charge in [-0.1, -0.05) is 12.1 Å². The molecule has 0 aromatic heterocycles. The molecule has 2 rings (SSSR count). The number of benzene rings is 1. The van der Waals surface area contributed by atoms with Crippen LogP contribution in [-0.4, -0.2) is 22.9 Å². The number of amidine groups is 1. The van der Waals surface area contributed by atoms with Gasteiger partial charge >= 0.3 is 0 Å². The van der Waals surface area contributed by atoms with Gasteiger partial charge in [-0.2, -0.15) is 0 Å². The van der Waals surface area contributed by atoms with Crippen molar-refractivity contribution >= 4 is 11.7 Å². The molecule has 0 saturated carbocycles. The number of aromatic hydroxyl groups is 1. The van der Waals surface area contributed by atoms with Crippen LogP contribution in [0.5, 0.6) is 5.75 Å². The molecule has 0 aliphatic carbocycles. The van der Waals surface area contributed by atoms with Crippen molar-refractivity contribution in [2.24, 2.45) is 4.99 Å². The summed E-state index contributed by atoms with van der Waals surface area (Å²) in [4.78, 5) is 15.3. The molecule has 1 aromatic rings. The molecule has 4 nitrogen and oxygen atoms in total. The Morgan fingerprint density at radius 3 is 2.60 bits per heavy atom. The topological polar surface area (TPSA) is 61.7 Å². The molecule has 0 spiro atoms. The number of nitrogens with zero attached hydrogens (tertiary/aromatic N) is 1. The van der Waals surface area contributed by atoms with Gasteiger partial charge in [-0.3, -0.25) is 9.79 Å². The molecule has 1 aliphatic rings. The van der Waals surface area contributed by atoms with E-state index in [1.54, 1.807) is 19.1 Å². The van der Waals surface area contributed by atoms with Crippen LogP contribution in [0.25, 0.3) is 0 Å². The van der Waals surface area contributed by atoms with E-state index in [4.69, 9.17) is 5.11 Å². The Kier molecular flexibility index (Phi) is 2.41. The van der Waals surface area contributed by atoms with Crippen LogP contribution in [0.2, 0.25) is 0 Å². The van der Waals surface area contributed by atoms with Gasteiger partial charge in [0.2, 0.25) is 5.91 Å². The standard InChI is InChI=1S/C11H12N2O2/c1-7-11(15)13-10(12-7)6-8-2-4-9(14)5-3-8/h2-5,7,14H,6H2,1H3,(H,12,13,15). The van der Waals surface area contributed by atoms with Crippen molar-refractivity contribution in [3.05, 3.63) is 29.8 Å². The van der Waals surface area contributed by atoms with E-state index in [1.807, 2.05) is 12.1 Å². The number of amides is 1. The van der Waals surface area contributed by atoms with Gasteiger partial charge in [0.15, 0.2) is 0 Å². The normalized spacial score (nSPS) is 19.9. The molecule has 15 heavy (non-hydrogen) atoms. The third-order valence-corrected chi connectivity index (χ3v) is 2.30. The minimum atomic E-state index is -0.280. The fraction of sp³-hybridized carbons (Fsp3) is 0.273. The van der Waals surface area contributed by atoms with Crippen molar-refractivity contribution in [2.45, 2.75) is 19.4 Å². The highest BCUT2D eigenvalue weighted by atomic mass is 16.3. The third kappa shape index (κ3) is 2.15. The smallest absolute Gasteiger partial charge is 0.249 e. The molecule has 0 radical (unpaired) electrons. The molecule has 2 N–H and O–H groups in total. The summed E-state index contributed by atoms with van der Waals surface area (Å²) in [7, 11) is 0. The summed E-state index contributed by atoms with van der Waals surface area (Å²) >= 11 is 0. The first kappa shape index (κ1) is 9.71. The number of aliphatic imine (C=N–C) groups is 1. The number of nitrogens with one attached hydrogen (secondary N) is 1. The second-order valence-electron chi connectivity index (χ2n) is 3.58. The number of phenols is 1. The highest BCUT2D eigenvalue weighted by Crippen LogP contribution is 2.11. The fourth-order valence-electron chi connectivity index (χ4n) is 1.47. The molecule has 0 bridgehead atoms. The SMILES string of the molecule is CC1N=C(Cc2ccc(O)cc2)NC1=O. The van der Waals surface area contributed by atoms with E-state index in [0.29, 0.717) is 12.3 Å². The monoisotopic (exact) mass is 204 g/mol. The Labute approximate surface area is 87.7 Å². The maximum atomic E-state index is 11.2. The maximum absolute atomic E-state index is 11.2. The maximum Gasteiger partial charge on any atom is 0.249 e. The van der Waals surface area contributed by atoms with Crippen molar-refractivity contribution in [1.29, 1.82) is 0 Å². The first-order valence-corrected chi connectivity index (χ1v) is 4.80. The van der Waals surface area contributed by atoms with Gasteiger partial charge in [0, 0.05) is 6.42 Å². The van der Waals surface area contributed by atoms with Gasteiger partial charge in [0.1, 0.15) is 17.6 Å². The average molecular weight is 204 g/mol. The fourth-order valence-corrected chi connectivity index (χ4v) is 1.47. The number of carbonyl (C=O) groups excluding carboxylic acids is 1. The summed E-state index contributed by atoms with van der Waals surface area (Å²) in [6.07, 6.45) is 0.594. The van der Waals surface area contributed by atoms with E-state index in [0.717, 1.165) is 5.56 Å².